The van der Waals surface area contributed by atoms with Gasteiger partial charge in [-0.05, 0) is 79.4 Å². The highest BCUT2D eigenvalue weighted by Gasteiger charge is 2.75. The van der Waals surface area contributed by atoms with E-state index in [9.17, 15) is 24.8 Å². The number of fused-ring (bicyclic) bond motifs is 7. The van der Waals surface area contributed by atoms with Gasteiger partial charge in [0.15, 0.2) is 11.6 Å². The van der Waals surface area contributed by atoms with Crippen LogP contribution in [0.15, 0.2) is 41.9 Å². The molecule has 8 nitrogen and oxygen atoms in total. The second-order valence-corrected chi connectivity index (χ2v) is 16.3. The summed E-state index contributed by atoms with van der Waals surface area (Å²) in [5.74, 6) is -0.982. The summed E-state index contributed by atoms with van der Waals surface area (Å²) in [6, 6.07) is 3.92. The van der Waals surface area contributed by atoms with Crippen molar-refractivity contribution >= 4 is 17.5 Å². The molecule has 1 amide bonds. The number of Topliss-reactive ketones (excluding diaryl/α,β-unsaturated/α-hetero) is 1. The summed E-state index contributed by atoms with van der Waals surface area (Å²) < 4.78 is 0. The minimum absolute atomic E-state index is 0.0630. The van der Waals surface area contributed by atoms with E-state index in [2.05, 4.69) is 49.0 Å². The maximum absolute atomic E-state index is 14.6. The largest absolute Gasteiger partial charge is 0.381 e. The highest BCUT2D eigenvalue weighted by molar-refractivity contribution is 6.05. The van der Waals surface area contributed by atoms with Gasteiger partial charge >= 0.3 is 0 Å². The summed E-state index contributed by atoms with van der Waals surface area (Å²) in [6.07, 6.45) is 11.5. The molecule has 1 aromatic heterocycles. The molecule has 5 aliphatic carbocycles. The van der Waals surface area contributed by atoms with Crippen molar-refractivity contribution in [1.82, 2.24) is 15.3 Å². The van der Waals surface area contributed by atoms with E-state index in [1.165, 1.54) is 6.33 Å². The fraction of sp³-hybridized carbons (Fsp3) is 0.667. The lowest BCUT2D eigenvalue weighted by Gasteiger charge is -2.71. The molecule has 234 valence electrons. The maximum atomic E-state index is 14.6. The molecule has 1 aromatic rings. The number of amides is 1. The van der Waals surface area contributed by atoms with Crippen LogP contribution in [0, 0.1) is 55.7 Å². The van der Waals surface area contributed by atoms with Gasteiger partial charge in [-0.3, -0.25) is 14.4 Å². The highest BCUT2D eigenvalue weighted by Crippen LogP contribution is 2.75. The third-order valence-electron chi connectivity index (χ3n) is 13.9. The Morgan fingerprint density at radius 2 is 1.75 bits per heavy atom. The molecular weight excluding hydrogens is 552 g/mol. The van der Waals surface area contributed by atoms with Crippen LogP contribution in [0.3, 0.4) is 0 Å². The Labute approximate surface area is 260 Å². The Hall–Kier alpha value is -3.18. The van der Waals surface area contributed by atoms with Gasteiger partial charge in [0, 0.05) is 33.8 Å². The Morgan fingerprint density at radius 1 is 1.05 bits per heavy atom. The zero-order valence-corrected chi connectivity index (χ0v) is 27.2. The van der Waals surface area contributed by atoms with Crippen LogP contribution in [0.5, 0.6) is 0 Å². The van der Waals surface area contributed by atoms with E-state index in [1.54, 1.807) is 18.3 Å². The van der Waals surface area contributed by atoms with Crippen LogP contribution in [0.1, 0.15) is 99.1 Å². The Morgan fingerprint density at radius 3 is 2.41 bits per heavy atom. The molecule has 1 heterocycles. The minimum atomic E-state index is -1.65. The number of aliphatic hydroxyl groups is 1. The molecule has 3 saturated carbocycles. The fourth-order valence-electron chi connectivity index (χ4n) is 10.8. The topological polar surface area (TPSA) is 133 Å². The van der Waals surface area contributed by atoms with Gasteiger partial charge in [0.1, 0.15) is 18.0 Å². The molecule has 0 saturated heterocycles. The number of aromatic nitrogens is 2. The summed E-state index contributed by atoms with van der Waals surface area (Å²) >= 11 is 0. The molecule has 3 fully saturated rings. The van der Waals surface area contributed by atoms with Crippen molar-refractivity contribution in [3.63, 3.8) is 0 Å². The third kappa shape index (κ3) is 3.74. The van der Waals surface area contributed by atoms with Gasteiger partial charge < -0.3 is 10.4 Å². The zero-order chi connectivity index (χ0) is 32.1. The van der Waals surface area contributed by atoms with Gasteiger partial charge in [-0.1, -0.05) is 54.5 Å². The molecule has 6 rings (SSSR count). The van der Waals surface area contributed by atoms with E-state index < -0.39 is 38.6 Å². The van der Waals surface area contributed by atoms with Crippen molar-refractivity contribution in [2.45, 2.75) is 106 Å². The zero-order valence-electron chi connectivity index (χ0n) is 27.2. The molecule has 8 heteroatoms. The summed E-state index contributed by atoms with van der Waals surface area (Å²) in [7, 11) is 0. The number of carbonyl (C=O) groups excluding carboxylic acids is 3. The quantitative estimate of drug-likeness (QED) is 0.474. The summed E-state index contributed by atoms with van der Waals surface area (Å²) in [5, 5.41) is 26.1. The summed E-state index contributed by atoms with van der Waals surface area (Å²) in [4.78, 5) is 49.9. The average Bonchev–Trinajstić information content (AvgIpc) is 2.98. The van der Waals surface area contributed by atoms with Crippen LogP contribution in [0.2, 0.25) is 0 Å². The van der Waals surface area contributed by atoms with Crippen molar-refractivity contribution < 1.29 is 19.5 Å². The standard InChI is InChI=1S/C36H46N4O4/c1-30(2)24-8-10-34(6)25(33(24,5)17-22(19-37)28(30)42)16-27(41)36(44)26-18-32(4,12-11-31(26,3)13-14-35(34,36)7)29(43)39-20-23-9-15-38-21-40-23/h9,15-17,21,24,26,44H,8,10-14,18,20H2,1-7H3,(H,39,43)/t24-,26+,31+,32-,33-,34+,35-,36+/m0/s1. The summed E-state index contributed by atoms with van der Waals surface area (Å²) in [5.41, 5.74) is -3.62. The Balaban J connectivity index is 1.42. The smallest absolute Gasteiger partial charge is 0.226 e. The predicted octanol–water partition coefficient (Wildman–Crippen LogP) is 5.43. The SMILES string of the molecule is CC1(C)C(=O)C(C#N)=C[C@]2(C)C3=CC(=O)[C@]4(O)[C@@H]5C[C@@](C)(C(=O)NCc6ccncn6)CC[C@]5(C)CC[C@@]4(C)[C@]3(C)CC[C@@H]12. The van der Waals surface area contributed by atoms with E-state index in [0.29, 0.717) is 25.8 Å². The normalized spacial score (nSPS) is 44.1. The first-order valence-corrected chi connectivity index (χ1v) is 16.1. The first-order valence-electron chi connectivity index (χ1n) is 16.1. The van der Waals surface area contributed by atoms with E-state index in [4.69, 9.17) is 0 Å². The first-order chi connectivity index (χ1) is 20.4. The van der Waals surface area contributed by atoms with E-state index in [1.807, 2.05) is 26.8 Å². The van der Waals surface area contributed by atoms with Gasteiger partial charge in [0.25, 0.3) is 0 Å². The van der Waals surface area contributed by atoms with Crippen LogP contribution in [-0.4, -0.2) is 38.1 Å². The van der Waals surface area contributed by atoms with Crippen LogP contribution in [-0.2, 0) is 20.9 Å². The maximum Gasteiger partial charge on any atom is 0.226 e. The number of hydrogen-bond acceptors (Lipinski definition) is 7. The van der Waals surface area contributed by atoms with Gasteiger partial charge in [0.05, 0.1) is 17.8 Å². The lowest BCUT2D eigenvalue weighted by atomic mass is 9.33. The number of hydrogen-bond donors (Lipinski definition) is 2. The van der Waals surface area contributed by atoms with Gasteiger partial charge in [0.2, 0.25) is 5.91 Å². The van der Waals surface area contributed by atoms with Gasteiger partial charge in [-0.25, -0.2) is 9.97 Å². The average molecular weight is 599 g/mol. The molecule has 0 aromatic carbocycles. The number of nitriles is 1. The molecule has 2 N–H and O–H groups in total. The lowest BCUT2D eigenvalue weighted by Crippen LogP contribution is -2.74. The number of nitrogens with one attached hydrogen (secondary N) is 1. The Bertz CT molecular complexity index is 1560. The molecule has 0 aliphatic heterocycles. The first kappa shape index (κ1) is 30.8. The number of rotatable bonds is 3. The number of carbonyl (C=O) groups is 3. The molecular formula is C36H46N4O4. The second-order valence-electron chi connectivity index (χ2n) is 16.3. The van der Waals surface area contributed by atoms with Crippen molar-refractivity contribution in [2.75, 3.05) is 0 Å². The third-order valence-corrected chi connectivity index (χ3v) is 13.9. The molecule has 0 radical (unpaired) electrons. The highest BCUT2D eigenvalue weighted by atomic mass is 16.3. The summed E-state index contributed by atoms with van der Waals surface area (Å²) in [6.45, 7) is 14.7. The van der Waals surface area contributed by atoms with Crippen molar-refractivity contribution in [1.29, 1.82) is 5.26 Å². The van der Waals surface area contributed by atoms with Crippen LogP contribution >= 0.6 is 0 Å². The molecule has 5 aliphatic rings. The van der Waals surface area contributed by atoms with Gasteiger partial charge in [-0.2, -0.15) is 5.26 Å². The van der Waals surface area contributed by atoms with Crippen molar-refractivity contribution in [3.05, 3.63) is 47.6 Å². The molecule has 8 atom stereocenters. The molecule has 0 spiro atoms. The molecule has 44 heavy (non-hydrogen) atoms. The molecule has 0 unspecified atom stereocenters. The van der Waals surface area contributed by atoms with Crippen LogP contribution in [0.4, 0.5) is 0 Å². The van der Waals surface area contributed by atoms with Crippen LogP contribution < -0.4 is 5.32 Å². The van der Waals surface area contributed by atoms with Crippen molar-refractivity contribution in [3.8, 4) is 6.07 Å². The monoisotopic (exact) mass is 598 g/mol. The van der Waals surface area contributed by atoms with Gasteiger partial charge in [-0.15, -0.1) is 0 Å². The van der Waals surface area contributed by atoms with E-state index in [0.717, 1.165) is 37.0 Å². The van der Waals surface area contributed by atoms with Crippen LogP contribution in [0.25, 0.3) is 0 Å². The Kier molecular flexibility index (Phi) is 6.60. The number of nitrogens with zero attached hydrogens (tertiary/aromatic N) is 3. The molecule has 0 bridgehead atoms. The predicted molar refractivity (Wildman–Crippen MR) is 164 cm³/mol. The fourth-order valence-corrected chi connectivity index (χ4v) is 10.8. The lowest BCUT2D eigenvalue weighted by molar-refractivity contribution is -0.242. The second kappa shape index (κ2) is 9.42. The number of allylic oxidation sites excluding steroid dienone is 3. The number of ketones is 2. The van der Waals surface area contributed by atoms with Crippen molar-refractivity contribution in [2.24, 2.45) is 44.3 Å². The van der Waals surface area contributed by atoms with E-state index >= 15 is 0 Å². The minimum Gasteiger partial charge on any atom is -0.381 e. The van der Waals surface area contributed by atoms with E-state index in [-0.39, 0.29) is 34.4 Å².